The highest BCUT2D eigenvalue weighted by molar-refractivity contribution is 8.00. The Kier molecular flexibility index (Phi) is 4.92. The Morgan fingerprint density at radius 3 is 2.79 bits per heavy atom. The van der Waals surface area contributed by atoms with Gasteiger partial charge in [0.15, 0.2) is 11.0 Å². The molecule has 24 heavy (non-hydrogen) atoms. The van der Waals surface area contributed by atoms with E-state index in [-0.39, 0.29) is 11.2 Å². The van der Waals surface area contributed by atoms with Gasteiger partial charge in [0.25, 0.3) is 0 Å². The zero-order chi connectivity index (χ0) is 17.1. The average molecular weight is 363 g/mol. The number of carbonyl (C=O) groups excluding carboxylic acids is 1. The Bertz CT molecular complexity index is 844. The Morgan fingerprint density at radius 1 is 1.38 bits per heavy atom. The van der Waals surface area contributed by atoms with Gasteiger partial charge in [-0.25, -0.2) is 4.98 Å². The van der Waals surface area contributed by atoms with Gasteiger partial charge in [-0.2, -0.15) is 0 Å². The van der Waals surface area contributed by atoms with E-state index in [9.17, 15) is 4.79 Å². The van der Waals surface area contributed by atoms with Crippen molar-refractivity contribution in [3.63, 3.8) is 0 Å². The van der Waals surface area contributed by atoms with E-state index in [1.165, 1.54) is 11.8 Å². The normalized spacial score (nSPS) is 12.1. The third-order valence-corrected chi connectivity index (χ3v) is 4.57. The molecule has 8 heteroatoms. The molecular formula is C16H15ClN4O2S. The molecular weight excluding hydrogens is 348 g/mol. The van der Waals surface area contributed by atoms with Gasteiger partial charge in [-0.1, -0.05) is 28.5 Å². The van der Waals surface area contributed by atoms with Crippen LogP contribution in [0.15, 0.2) is 52.4 Å². The predicted molar refractivity (Wildman–Crippen MR) is 93.8 cm³/mol. The maximum Gasteiger partial charge on any atom is 0.238 e. The minimum Gasteiger partial charge on any atom is -0.360 e. The highest BCUT2D eigenvalue weighted by Crippen LogP contribution is 2.26. The number of amides is 1. The average Bonchev–Trinajstić information content (AvgIpc) is 3.17. The van der Waals surface area contributed by atoms with Crippen molar-refractivity contribution in [2.24, 2.45) is 0 Å². The number of nitrogens with one attached hydrogen (secondary N) is 1. The minimum atomic E-state index is -0.351. The van der Waals surface area contributed by atoms with Crippen LogP contribution in [0, 0.1) is 6.92 Å². The van der Waals surface area contributed by atoms with Gasteiger partial charge < -0.3 is 9.84 Å². The Labute approximate surface area is 148 Å². The Morgan fingerprint density at radius 2 is 2.12 bits per heavy atom. The topological polar surface area (TPSA) is 73.0 Å². The second kappa shape index (κ2) is 7.11. The van der Waals surface area contributed by atoms with Crippen LogP contribution in [0.1, 0.15) is 12.7 Å². The number of imidazole rings is 1. The summed E-state index contributed by atoms with van der Waals surface area (Å²) < 4.78 is 6.85. The number of anilines is 1. The summed E-state index contributed by atoms with van der Waals surface area (Å²) in [4.78, 5) is 16.6. The maximum atomic E-state index is 12.3. The lowest BCUT2D eigenvalue weighted by molar-refractivity contribution is -0.115. The molecule has 6 nitrogen and oxygen atoms in total. The molecule has 3 rings (SSSR count). The van der Waals surface area contributed by atoms with E-state index in [2.05, 4.69) is 15.5 Å². The summed E-state index contributed by atoms with van der Waals surface area (Å²) in [5.74, 6) is 0.883. The molecule has 1 atom stereocenters. The lowest BCUT2D eigenvalue weighted by Gasteiger charge is -2.12. The molecule has 3 aromatic rings. The van der Waals surface area contributed by atoms with E-state index in [0.717, 1.165) is 10.8 Å². The molecule has 0 saturated heterocycles. The van der Waals surface area contributed by atoms with Crippen LogP contribution in [0.2, 0.25) is 5.02 Å². The van der Waals surface area contributed by atoms with Crippen molar-refractivity contribution >= 4 is 35.1 Å². The molecule has 0 aliphatic rings. The largest absolute Gasteiger partial charge is 0.360 e. The fourth-order valence-corrected chi connectivity index (χ4v) is 3.05. The molecule has 0 aliphatic heterocycles. The first-order valence-corrected chi connectivity index (χ1v) is 8.49. The molecule has 2 aromatic heterocycles. The van der Waals surface area contributed by atoms with Crippen molar-refractivity contribution in [2.75, 3.05) is 5.32 Å². The van der Waals surface area contributed by atoms with Crippen LogP contribution in [-0.4, -0.2) is 25.9 Å². The van der Waals surface area contributed by atoms with Crippen molar-refractivity contribution in [1.29, 1.82) is 0 Å². The zero-order valence-electron chi connectivity index (χ0n) is 13.1. The van der Waals surface area contributed by atoms with Crippen molar-refractivity contribution < 1.29 is 9.32 Å². The summed E-state index contributed by atoms with van der Waals surface area (Å²) in [5.41, 5.74) is 0.930. The number of hydrogen-bond acceptors (Lipinski definition) is 5. The van der Waals surface area contributed by atoms with Gasteiger partial charge in [-0.3, -0.25) is 9.36 Å². The molecule has 0 aliphatic carbocycles. The van der Waals surface area contributed by atoms with Gasteiger partial charge in [-0.15, -0.1) is 0 Å². The predicted octanol–water partition coefficient (Wildman–Crippen LogP) is 3.94. The fraction of sp³-hybridized carbons (Fsp3) is 0.188. The summed E-state index contributed by atoms with van der Waals surface area (Å²) in [6, 6.07) is 9.10. The number of carbonyl (C=O) groups is 1. The summed E-state index contributed by atoms with van der Waals surface area (Å²) in [6.45, 7) is 3.58. The van der Waals surface area contributed by atoms with Crippen molar-refractivity contribution in [2.45, 2.75) is 24.3 Å². The standard InChI is InChI=1S/C16H15ClN4O2S/c1-10-9-14(20-23-10)19-15(22)11(2)24-16-18-7-8-21(16)13-5-3-12(17)4-6-13/h3-9,11H,1-2H3,(H,19,20,22)/t11-/m0/s1. The van der Waals surface area contributed by atoms with Crippen LogP contribution in [0.4, 0.5) is 5.82 Å². The van der Waals surface area contributed by atoms with Gasteiger partial charge in [0.05, 0.1) is 5.25 Å². The number of thioether (sulfide) groups is 1. The molecule has 0 saturated carbocycles. The molecule has 0 unspecified atom stereocenters. The molecule has 0 bridgehead atoms. The van der Waals surface area contributed by atoms with Crippen LogP contribution in [0.3, 0.4) is 0 Å². The SMILES string of the molecule is Cc1cc(NC(=O)[C@H](C)Sc2nccn2-c2ccc(Cl)cc2)no1. The van der Waals surface area contributed by atoms with E-state index in [4.69, 9.17) is 16.1 Å². The van der Waals surface area contributed by atoms with Gasteiger partial charge >= 0.3 is 0 Å². The number of aromatic nitrogens is 3. The van der Waals surface area contributed by atoms with E-state index < -0.39 is 0 Å². The first-order valence-electron chi connectivity index (χ1n) is 7.23. The van der Waals surface area contributed by atoms with Crippen LogP contribution in [-0.2, 0) is 4.79 Å². The van der Waals surface area contributed by atoms with E-state index in [1.807, 2.05) is 42.0 Å². The number of halogens is 1. The second-order valence-corrected chi connectivity index (χ2v) is 6.87. The highest BCUT2D eigenvalue weighted by atomic mass is 35.5. The van der Waals surface area contributed by atoms with Crippen LogP contribution < -0.4 is 5.32 Å². The van der Waals surface area contributed by atoms with Gasteiger partial charge in [0.2, 0.25) is 5.91 Å². The Hall–Kier alpha value is -2.25. The third-order valence-electron chi connectivity index (χ3n) is 3.24. The van der Waals surface area contributed by atoms with Crippen LogP contribution >= 0.6 is 23.4 Å². The van der Waals surface area contributed by atoms with Crippen molar-refractivity contribution in [3.8, 4) is 5.69 Å². The number of hydrogen-bond donors (Lipinski definition) is 1. The maximum absolute atomic E-state index is 12.3. The lowest BCUT2D eigenvalue weighted by atomic mass is 10.3. The molecule has 0 spiro atoms. The van der Waals surface area contributed by atoms with E-state index in [1.54, 1.807) is 19.2 Å². The first kappa shape index (κ1) is 16.6. The monoisotopic (exact) mass is 362 g/mol. The lowest BCUT2D eigenvalue weighted by Crippen LogP contribution is -2.23. The number of aryl methyl sites for hydroxylation is 1. The first-order chi connectivity index (χ1) is 11.5. The number of nitrogens with zero attached hydrogens (tertiary/aromatic N) is 3. The van der Waals surface area contributed by atoms with Gasteiger partial charge in [0, 0.05) is 29.2 Å². The second-order valence-electron chi connectivity index (χ2n) is 5.13. The molecule has 0 radical (unpaired) electrons. The third kappa shape index (κ3) is 3.80. The highest BCUT2D eigenvalue weighted by Gasteiger charge is 2.19. The van der Waals surface area contributed by atoms with Crippen molar-refractivity contribution in [1.82, 2.24) is 14.7 Å². The van der Waals surface area contributed by atoms with E-state index in [0.29, 0.717) is 16.6 Å². The number of rotatable bonds is 5. The molecule has 1 amide bonds. The quantitative estimate of drug-likeness (QED) is 0.696. The zero-order valence-corrected chi connectivity index (χ0v) is 14.6. The fourth-order valence-electron chi connectivity index (χ4n) is 2.04. The van der Waals surface area contributed by atoms with Crippen LogP contribution in [0.25, 0.3) is 5.69 Å². The molecule has 124 valence electrons. The summed E-state index contributed by atoms with van der Waals surface area (Å²) in [6.07, 6.45) is 3.54. The summed E-state index contributed by atoms with van der Waals surface area (Å²) in [7, 11) is 0. The minimum absolute atomic E-state index is 0.168. The molecule has 1 N–H and O–H groups in total. The van der Waals surface area contributed by atoms with Gasteiger partial charge in [0.1, 0.15) is 5.76 Å². The van der Waals surface area contributed by atoms with Gasteiger partial charge in [-0.05, 0) is 38.1 Å². The summed E-state index contributed by atoms with van der Waals surface area (Å²) in [5, 5.41) is 7.52. The van der Waals surface area contributed by atoms with E-state index >= 15 is 0 Å². The van der Waals surface area contributed by atoms with Crippen LogP contribution in [0.5, 0.6) is 0 Å². The number of benzene rings is 1. The Balaban J connectivity index is 1.70. The summed E-state index contributed by atoms with van der Waals surface area (Å²) >= 11 is 7.28. The molecule has 0 fully saturated rings. The molecule has 1 aromatic carbocycles. The molecule has 2 heterocycles. The van der Waals surface area contributed by atoms with Crippen molar-refractivity contribution in [3.05, 3.63) is 53.5 Å². The smallest absolute Gasteiger partial charge is 0.238 e.